The molecule has 1 aliphatic rings. The summed E-state index contributed by atoms with van der Waals surface area (Å²) in [6, 6.07) is 0. The molecular formula is C9H19ClLiN. The maximum absolute atomic E-state index is 2.35. The Morgan fingerprint density at radius 3 is 2.25 bits per heavy atom. The summed E-state index contributed by atoms with van der Waals surface area (Å²) >= 11 is 0. The van der Waals surface area contributed by atoms with Crippen molar-refractivity contribution in [1.29, 1.82) is 0 Å². The van der Waals surface area contributed by atoms with Crippen molar-refractivity contribution in [2.24, 2.45) is 5.92 Å². The standard InChI is InChI=1S/C9H18N.ClH.Li/c1-8-6-5-7-10(4)9(8,2)3;;/h7-8H,5-6H2,1-4H3;1H;/q-1;;+1. The fourth-order valence-corrected chi connectivity index (χ4v) is 1.45. The molecule has 68 valence electrons. The van der Waals surface area contributed by atoms with Gasteiger partial charge in [0, 0.05) is 0 Å². The van der Waals surface area contributed by atoms with E-state index in [1.54, 1.807) is 0 Å². The number of hydrogen-bond donors (Lipinski definition) is 0. The molecule has 0 aromatic heterocycles. The summed E-state index contributed by atoms with van der Waals surface area (Å²) in [4.78, 5) is 2.35. The first-order valence-electron chi connectivity index (χ1n) is 4.11. The van der Waals surface area contributed by atoms with Crippen LogP contribution in [-0.2, 0) is 0 Å². The van der Waals surface area contributed by atoms with Crippen molar-refractivity contribution in [3.05, 3.63) is 6.54 Å². The third-order valence-corrected chi connectivity index (χ3v) is 3.12. The number of piperidine rings is 1. The van der Waals surface area contributed by atoms with Gasteiger partial charge in [0.05, 0.1) is 0 Å². The van der Waals surface area contributed by atoms with Gasteiger partial charge >= 0.3 is 18.9 Å². The summed E-state index contributed by atoms with van der Waals surface area (Å²) in [5.41, 5.74) is 0.373. The minimum absolute atomic E-state index is 0. The molecule has 0 aliphatic carbocycles. The fourth-order valence-electron chi connectivity index (χ4n) is 1.45. The van der Waals surface area contributed by atoms with Crippen LogP contribution in [-0.4, -0.2) is 17.5 Å². The molecule has 1 unspecified atom stereocenters. The molecule has 0 bridgehead atoms. The minimum atomic E-state index is 0. The van der Waals surface area contributed by atoms with Crippen LogP contribution in [0.3, 0.4) is 0 Å². The molecular weight excluding hydrogens is 164 g/mol. The molecule has 1 nitrogen and oxygen atoms in total. The number of halogens is 1. The van der Waals surface area contributed by atoms with Gasteiger partial charge in [-0.3, -0.25) is 6.54 Å². The van der Waals surface area contributed by atoms with E-state index in [2.05, 4.69) is 39.3 Å². The van der Waals surface area contributed by atoms with Gasteiger partial charge in [-0.05, 0) is 32.4 Å². The average Bonchev–Trinajstić information content (AvgIpc) is 1.84. The zero-order chi connectivity index (χ0) is 7.78. The van der Waals surface area contributed by atoms with Crippen molar-refractivity contribution in [2.45, 2.75) is 39.2 Å². The van der Waals surface area contributed by atoms with Crippen LogP contribution in [0, 0.1) is 12.5 Å². The van der Waals surface area contributed by atoms with Gasteiger partial charge in [0.2, 0.25) is 0 Å². The van der Waals surface area contributed by atoms with Gasteiger partial charge in [-0.15, -0.1) is 12.4 Å². The van der Waals surface area contributed by atoms with Crippen molar-refractivity contribution in [3.63, 3.8) is 0 Å². The molecule has 0 spiro atoms. The average molecular weight is 184 g/mol. The van der Waals surface area contributed by atoms with Crippen LogP contribution < -0.4 is 18.9 Å². The predicted octanol–water partition coefficient (Wildman–Crippen LogP) is -0.286. The Bertz CT molecular complexity index is 116. The zero-order valence-electron chi connectivity index (χ0n) is 8.92. The quantitative estimate of drug-likeness (QED) is 0.369. The summed E-state index contributed by atoms with van der Waals surface area (Å²) in [7, 11) is 2.18. The van der Waals surface area contributed by atoms with Crippen molar-refractivity contribution >= 4 is 12.4 Å². The van der Waals surface area contributed by atoms with E-state index in [0.717, 1.165) is 5.92 Å². The largest absolute Gasteiger partial charge is 1.00 e. The molecule has 0 aromatic rings. The third kappa shape index (κ3) is 2.96. The Kier molecular flexibility index (Phi) is 7.09. The van der Waals surface area contributed by atoms with Crippen LogP contribution in [0.4, 0.5) is 0 Å². The fraction of sp³-hybridized carbons (Fsp3) is 0.889. The van der Waals surface area contributed by atoms with E-state index in [0.29, 0.717) is 5.54 Å². The second-order valence-electron chi connectivity index (χ2n) is 3.93. The summed E-state index contributed by atoms with van der Waals surface area (Å²) in [5, 5.41) is 0. The summed E-state index contributed by atoms with van der Waals surface area (Å²) < 4.78 is 0. The van der Waals surface area contributed by atoms with Crippen LogP contribution >= 0.6 is 12.4 Å². The van der Waals surface area contributed by atoms with Crippen LogP contribution in [0.15, 0.2) is 0 Å². The Balaban J connectivity index is 0. The third-order valence-electron chi connectivity index (χ3n) is 3.12. The predicted molar refractivity (Wildman–Crippen MR) is 51.8 cm³/mol. The van der Waals surface area contributed by atoms with Crippen LogP contribution in [0.1, 0.15) is 33.6 Å². The zero-order valence-corrected chi connectivity index (χ0v) is 9.74. The maximum atomic E-state index is 2.35. The molecule has 1 fully saturated rings. The molecule has 3 heteroatoms. The molecule has 1 heterocycles. The van der Waals surface area contributed by atoms with E-state index in [-0.39, 0.29) is 31.3 Å². The number of likely N-dealkylation sites (tertiary alicyclic amines) is 1. The van der Waals surface area contributed by atoms with Gasteiger partial charge in [0.1, 0.15) is 0 Å². The maximum Gasteiger partial charge on any atom is 1.00 e. The second-order valence-corrected chi connectivity index (χ2v) is 3.93. The Morgan fingerprint density at radius 2 is 1.92 bits per heavy atom. The summed E-state index contributed by atoms with van der Waals surface area (Å²) in [5.74, 6) is 0.822. The number of rotatable bonds is 0. The molecule has 1 saturated heterocycles. The Morgan fingerprint density at radius 1 is 1.42 bits per heavy atom. The van der Waals surface area contributed by atoms with E-state index in [9.17, 15) is 0 Å². The molecule has 0 N–H and O–H groups in total. The Hall–Kier alpha value is 0.847. The van der Waals surface area contributed by atoms with Crippen molar-refractivity contribution in [1.82, 2.24) is 4.90 Å². The van der Waals surface area contributed by atoms with Crippen LogP contribution in [0.5, 0.6) is 0 Å². The molecule has 0 aromatic carbocycles. The molecule has 0 saturated carbocycles. The van der Waals surface area contributed by atoms with Gasteiger partial charge in [0.15, 0.2) is 0 Å². The van der Waals surface area contributed by atoms with Crippen LogP contribution in [0.25, 0.3) is 0 Å². The minimum Gasteiger partial charge on any atom is -0.454 e. The first-order valence-corrected chi connectivity index (χ1v) is 4.11. The number of nitrogens with zero attached hydrogens (tertiary/aromatic N) is 1. The SMILES string of the molecule is CC1CC[CH-]N(C)C1(C)C.Cl.[Li+]. The molecule has 1 rings (SSSR count). The Labute approximate surface area is 94.9 Å². The summed E-state index contributed by atoms with van der Waals surface area (Å²) in [6.07, 6.45) is 2.60. The summed E-state index contributed by atoms with van der Waals surface area (Å²) in [6.45, 7) is 9.27. The molecule has 0 radical (unpaired) electrons. The molecule has 12 heavy (non-hydrogen) atoms. The first-order chi connectivity index (χ1) is 4.55. The topological polar surface area (TPSA) is 3.24 Å². The van der Waals surface area contributed by atoms with E-state index in [1.165, 1.54) is 12.8 Å². The monoisotopic (exact) mass is 183 g/mol. The van der Waals surface area contributed by atoms with Gasteiger partial charge < -0.3 is 4.90 Å². The van der Waals surface area contributed by atoms with E-state index in [1.807, 2.05) is 0 Å². The van der Waals surface area contributed by atoms with Crippen molar-refractivity contribution in [2.75, 3.05) is 7.05 Å². The van der Waals surface area contributed by atoms with Gasteiger partial charge in [-0.25, -0.2) is 0 Å². The van der Waals surface area contributed by atoms with Gasteiger partial charge in [-0.1, -0.05) is 13.3 Å². The van der Waals surface area contributed by atoms with Gasteiger partial charge in [-0.2, -0.15) is 6.42 Å². The molecule has 1 atom stereocenters. The first kappa shape index (κ1) is 15.3. The van der Waals surface area contributed by atoms with Gasteiger partial charge in [0.25, 0.3) is 0 Å². The van der Waals surface area contributed by atoms with E-state index >= 15 is 0 Å². The van der Waals surface area contributed by atoms with Crippen molar-refractivity contribution < 1.29 is 18.9 Å². The van der Waals surface area contributed by atoms with E-state index in [4.69, 9.17) is 0 Å². The number of hydrogen-bond acceptors (Lipinski definition) is 1. The van der Waals surface area contributed by atoms with Crippen molar-refractivity contribution in [3.8, 4) is 0 Å². The van der Waals surface area contributed by atoms with Crippen LogP contribution in [0.2, 0.25) is 0 Å². The normalized spacial score (nSPS) is 28.5. The smallest absolute Gasteiger partial charge is 0.454 e. The van der Waals surface area contributed by atoms with E-state index < -0.39 is 0 Å². The molecule has 0 amide bonds. The molecule has 1 aliphatic heterocycles. The second kappa shape index (κ2) is 5.55.